The van der Waals surface area contributed by atoms with Gasteiger partial charge in [0.05, 0.1) is 41.1 Å². The number of anilines is 2. The number of aromatic nitrogens is 5. The Labute approximate surface area is 392 Å². The molecule has 3 aliphatic heterocycles. The van der Waals surface area contributed by atoms with E-state index >= 15 is 4.39 Å². The van der Waals surface area contributed by atoms with E-state index in [1.165, 1.54) is 59.5 Å². The first kappa shape index (κ1) is 48.3. The number of halogens is 2. The van der Waals surface area contributed by atoms with Crippen LogP contribution in [0.15, 0.2) is 77.9 Å². The molecule has 0 spiro atoms. The van der Waals surface area contributed by atoms with E-state index < -0.39 is 109 Å². The fourth-order valence-electron chi connectivity index (χ4n) is 8.24. The Morgan fingerprint density at radius 1 is 0.886 bits per heavy atom. The molecule has 3 aromatic carbocycles. The smallest absolute Gasteiger partial charge is 0.408 e. The van der Waals surface area contributed by atoms with Crippen molar-refractivity contribution in [3.63, 3.8) is 0 Å². The lowest BCUT2D eigenvalue weighted by molar-refractivity contribution is -0.271. The molecule has 70 heavy (non-hydrogen) atoms. The molecule has 5 amide bonds. The Kier molecular flexibility index (Phi) is 13.9. The van der Waals surface area contributed by atoms with E-state index in [0.29, 0.717) is 17.1 Å². The lowest BCUT2D eigenvalue weighted by atomic mass is 9.82. The molecule has 2 aromatic heterocycles. The third-order valence-corrected chi connectivity index (χ3v) is 11.6. The molecule has 0 aliphatic carbocycles. The number of hydrogen-bond donors (Lipinski definition) is 8. The highest BCUT2D eigenvalue weighted by Crippen LogP contribution is 2.49. The Hall–Kier alpha value is -8.20. The van der Waals surface area contributed by atoms with Crippen LogP contribution in [-0.2, 0) is 47.1 Å². The molecule has 8 N–H and O–H groups in total. The molecule has 7 atom stereocenters. The van der Waals surface area contributed by atoms with Crippen molar-refractivity contribution in [3.8, 4) is 5.75 Å². The summed E-state index contributed by atoms with van der Waals surface area (Å²) in [4.78, 5) is 94.5. The monoisotopic (exact) mass is 972 g/mol. The summed E-state index contributed by atoms with van der Waals surface area (Å²) in [6.07, 6.45) is -8.11. The number of aliphatic carboxylic acids is 1. The molecule has 3 aliphatic rings. The van der Waals surface area contributed by atoms with Crippen LogP contribution in [0.3, 0.4) is 0 Å². The Bertz CT molecular complexity index is 2950. The fraction of sp³-hybridized carbons (Fsp3) is 0.318. The second kappa shape index (κ2) is 20.2. The number of hydrogen-bond acceptors (Lipinski definition) is 17. The Morgan fingerprint density at radius 3 is 2.33 bits per heavy atom. The van der Waals surface area contributed by atoms with Gasteiger partial charge in [0.1, 0.15) is 54.5 Å². The molecule has 1 fully saturated rings. The highest BCUT2D eigenvalue weighted by molar-refractivity contribution is 6.13. The van der Waals surface area contributed by atoms with Gasteiger partial charge in [-0.3, -0.25) is 33.6 Å². The van der Waals surface area contributed by atoms with Gasteiger partial charge in [-0.25, -0.2) is 28.5 Å². The Morgan fingerprint density at radius 2 is 1.63 bits per heavy atom. The zero-order chi connectivity index (χ0) is 50.0. The molecule has 0 bridgehead atoms. The number of aromatic amines is 1. The number of alkyl carbamates (subject to hydrolysis) is 1. The SMILES string of the molecule is Cn1ncnc1C1c2n[nH]c(=O)c3cc(F)cc(c23)N(CNC(=O)OCc2ccc(OC3OC(C(=O)O)C(O)C(O)C3O)c(NC(=O)CCNC(=O)CCN3C(=O)C=CC3=O)c2)C1c1ccc(F)cc1. The quantitative estimate of drug-likeness (QED) is 0.0601. The van der Waals surface area contributed by atoms with E-state index in [1.807, 2.05) is 0 Å². The van der Waals surface area contributed by atoms with Crippen molar-refractivity contribution >= 4 is 57.8 Å². The number of aryl methyl sites for hydroxylation is 1. The number of aliphatic hydroxyl groups excluding tert-OH is 3. The summed E-state index contributed by atoms with van der Waals surface area (Å²) >= 11 is 0. The summed E-state index contributed by atoms with van der Waals surface area (Å²) in [5.41, 5.74) is 0.321. The van der Waals surface area contributed by atoms with E-state index in [0.717, 1.165) is 23.1 Å². The van der Waals surface area contributed by atoms with Crippen molar-refractivity contribution in [2.45, 2.75) is 62.1 Å². The second-order valence-corrected chi connectivity index (χ2v) is 16.1. The van der Waals surface area contributed by atoms with E-state index in [9.17, 15) is 58.4 Å². The van der Waals surface area contributed by atoms with Gasteiger partial charge in [-0.2, -0.15) is 10.2 Å². The molecule has 7 unspecified atom stereocenters. The number of benzene rings is 3. The van der Waals surface area contributed by atoms with Crippen molar-refractivity contribution in [1.82, 2.24) is 40.5 Å². The highest BCUT2D eigenvalue weighted by Gasteiger charge is 2.48. The van der Waals surface area contributed by atoms with Gasteiger partial charge in [-0.05, 0) is 47.5 Å². The van der Waals surface area contributed by atoms with Crippen molar-refractivity contribution in [1.29, 1.82) is 0 Å². The van der Waals surface area contributed by atoms with Crippen molar-refractivity contribution < 1.29 is 72.2 Å². The summed E-state index contributed by atoms with van der Waals surface area (Å²) < 4.78 is 47.7. The zero-order valence-corrected chi connectivity index (χ0v) is 36.5. The maximum atomic E-state index is 15.4. The standard InChI is InChI=1S/C44H42F2N10O14/c1-54-40(48-18-50-54)33-34-32-24(41(64)53-52-34)15-23(46)16-26(32)56(35(33)21-3-5-22(45)6-4-21)19-49-44(67)68-17-20-2-7-27(69-43-38(63)36(61)37(62)39(70-43)42(65)66)25(14-20)51-29(58)10-12-47-28(57)11-13-55-30(59)8-9-31(55)60/h2-9,14-16,18,33,35-39,43,61-63H,10-13,17,19H2,1H3,(H,47,57)(H,49,67)(H,51,58)(H,53,64)(H,65,66). The molecular formula is C44H42F2N10O14. The van der Waals surface area contributed by atoms with Crippen LogP contribution in [0, 0.1) is 11.6 Å². The number of carboxylic acid groups (broad SMARTS) is 1. The van der Waals surface area contributed by atoms with Crippen LogP contribution in [0.2, 0.25) is 0 Å². The van der Waals surface area contributed by atoms with Gasteiger partial charge in [0, 0.05) is 50.5 Å². The first-order valence-electron chi connectivity index (χ1n) is 21.3. The van der Waals surface area contributed by atoms with Crippen molar-refractivity contribution in [2.24, 2.45) is 7.05 Å². The van der Waals surface area contributed by atoms with E-state index in [-0.39, 0.29) is 59.4 Å². The lowest BCUT2D eigenvalue weighted by Gasteiger charge is -2.42. The van der Waals surface area contributed by atoms with Gasteiger partial charge in [-0.15, -0.1) is 0 Å². The third-order valence-electron chi connectivity index (χ3n) is 11.6. The molecular weight excluding hydrogens is 931 g/mol. The van der Waals surface area contributed by atoms with Crippen LogP contribution in [0.5, 0.6) is 5.75 Å². The van der Waals surface area contributed by atoms with Gasteiger partial charge in [-0.1, -0.05) is 18.2 Å². The number of amides is 5. The number of aliphatic hydroxyl groups is 3. The molecule has 0 saturated carbocycles. The Balaban J connectivity index is 1.00. The van der Waals surface area contributed by atoms with Crippen LogP contribution < -0.4 is 31.1 Å². The van der Waals surface area contributed by atoms with E-state index in [4.69, 9.17) is 14.2 Å². The van der Waals surface area contributed by atoms with E-state index in [2.05, 4.69) is 36.2 Å². The number of H-pyrrole nitrogens is 1. The summed E-state index contributed by atoms with van der Waals surface area (Å²) in [6.45, 7) is -1.27. The van der Waals surface area contributed by atoms with Crippen LogP contribution in [0.4, 0.5) is 25.0 Å². The first-order valence-corrected chi connectivity index (χ1v) is 21.3. The molecule has 26 heteroatoms. The normalized spacial score (nSPS) is 21.7. The maximum absolute atomic E-state index is 15.4. The van der Waals surface area contributed by atoms with Gasteiger partial charge in [0.25, 0.3) is 17.4 Å². The average molecular weight is 973 g/mol. The molecule has 1 saturated heterocycles. The van der Waals surface area contributed by atoms with Crippen LogP contribution in [0.1, 0.15) is 47.4 Å². The minimum Gasteiger partial charge on any atom is -0.479 e. The van der Waals surface area contributed by atoms with Crippen molar-refractivity contribution in [2.75, 3.05) is 30.0 Å². The third kappa shape index (κ3) is 10.00. The van der Waals surface area contributed by atoms with Gasteiger partial charge < -0.3 is 55.5 Å². The summed E-state index contributed by atoms with van der Waals surface area (Å²) in [5, 5.41) is 59.6. The minimum atomic E-state index is -2.03. The number of nitrogens with one attached hydrogen (secondary N) is 4. The number of rotatable bonds is 16. The van der Waals surface area contributed by atoms with Crippen LogP contribution in [-0.4, -0.2) is 136 Å². The predicted octanol–water partition coefficient (Wildman–Crippen LogP) is -0.0622. The maximum Gasteiger partial charge on any atom is 0.408 e. The number of nitrogens with zero attached hydrogens (tertiary/aromatic N) is 6. The molecule has 24 nitrogen and oxygen atoms in total. The second-order valence-electron chi connectivity index (χ2n) is 16.1. The van der Waals surface area contributed by atoms with Crippen molar-refractivity contribution in [3.05, 3.63) is 118 Å². The first-order chi connectivity index (χ1) is 33.5. The van der Waals surface area contributed by atoms with Crippen LogP contribution in [0.25, 0.3) is 10.8 Å². The largest absolute Gasteiger partial charge is 0.479 e. The predicted molar refractivity (Wildman–Crippen MR) is 233 cm³/mol. The minimum absolute atomic E-state index is 0.0410. The topological polar surface area (TPSA) is 330 Å². The number of ether oxygens (including phenoxy) is 3. The summed E-state index contributed by atoms with van der Waals surface area (Å²) in [7, 11) is 1.63. The number of imide groups is 1. The molecule has 5 heterocycles. The van der Waals surface area contributed by atoms with Gasteiger partial charge in [0.15, 0.2) is 6.10 Å². The van der Waals surface area contributed by atoms with Gasteiger partial charge >= 0.3 is 12.1 Å². The summed E-state index contributed by atoms with van der Waals surface area (Å²) in [6, 6.07) is 10.7. The number of carboxylic acids is 1. The molecule has 5 aromatic rings. The zero-order valence-electron chi connectivity index (χ0n) is 36.5. The lowest BCUT2D eigenvalue weighted by Crippen LogP contribution is -2.61. The molecule has 8 rings (SSSR count). The van der Waals surface area contributed by atoms with E-state index in [1.54, 1.807) is 11.9 Å². The summed E-state index contributed by atoms with van der Waals surface area (Å²) in [5.74, 6) is -6.16. The fourth-order valence-corrected chi connectivity index (χ4v) is 8.24. The number of carbonyl (C=O) groups is 6. The highest BCUT2D eigenvalue weighted by atomic mass is 19.1. The number of carbonyl (C=O) groups excluding carboxylic acids is 5. The van der Waals surface area contributed by atoms with Gasteiger partial charge in [0.2, 0.25) is 18.1 Å². The molecule has 366 valence electrons. The molecule has 0 radical (unpaired) electrons. The van der Waals surface area contributed by atoms with Crippen LogP contribution >= 0.6 is 0 Å². The average Bonchev–Trinajstić information content (AvgIpc) is 3.90.